The molecule has 2 aliphatic heterocycles. The van der Waals surface area contributed by atoms with Gasteiger partial charge in [-0.1, -0.05) is 24.3 Å². The summed E-state index contributed by atoms with van der Waals surface area (Å²) < 4.78 is 1.99. The molecule has 3 aromatic rings. The molecule has 2 aliphatic rings. The first-order chi connectivity index (χ1) is 14.3. The monoisotopic (exact) mass is 385 g/mol. The topological polar surface area (TPSA) is 50.3 Å². The van der Waals surface area contributed by atoms with Crippen molar-refractivity contribution in [1.29, 1.82) is 0 Å². The molecule has 1 aromatic heterocycles. The Hall–Kier alpha value is -3.05. The average Bonchev–Trinajstić information content (AvgIpc) is 3.45. The fourth-order valence-electron chi connectivity index (χ4n) is 4.39. The Balaban J connectivity index is 1.37. The second-order valence-electron chi connectivity index (χ2n) is 7.94. The lowest BCUT2D eigenvalue weighted by molar-refractivity contribution is 0.346. The number of hydrogen-bond acceptors (Lipinski definition) is 4. The molecule has 0 radical (unpaired) electrons. The lowest BCUT2D eigenvalue weighted by Crippen LogP contribution is -2.29. The van der Waals surface area contributed by atoms with Gasteiger partial charge in [0, 0.05) is 41.8 Å². The Morgan fingerprint density at radius 1 is 1.14 bits per heavy atom. The highest BCUT2D eigenvalue weighted by molar-refractivity contribution is 5.99. The van der Waals surface area contributed by atoms with Gasteiger partial charge >= 0.3 is 0 Å². The first kappa shape index (κ1) is 18.0. The predicted octanol–water partition coefficient (Wildman–Crippen LogP) is 4.24. The number of benzene rings is 2. The van der Waals surface area contributed by atoms with E-state index in [4.69, 9.17) is 5.73 Å². The van der Waals surface area contributed by atoms with Crippen LogP contribution in [0.2, 0.25) is 0 Å². The molecule has 3 heterocycles. The highest BCUT2D eigenvalue weighted by Gasteiger charge is 2.16. The number of nitrogens with zero attached hydrogens (tertiary/aromatic N) is 4. The second-order valence-corrected chi connectivity index (χ2v) is 7.94. The quantitative estimate of drug-likeness (QED) is 0.668. The number of likely N-dealkylation sites (tertiary alicyclic amines) is 1. The summed E-state index contributed by atoms with van der Waals surface area (Å²) >= 11 is 0. The molecule has 0 atom stereocenters. The smallest absolute Gasteiger partial charge is 0.114 e. The van der Waals surface area contributed by atoms with Crippen molar-refractivity contribution in [2.45, 2.75) is 25.8 Å². The third-order valence-corrected chi connectivity index (χ3v) is 5.99. The van der Waals surface area contributed by atoms with Gasteiger partial charge in [0.25, 0.3) is 0 Å². The number of fused-ring (bicyclic) bond motifs is 2. The first-order valence-electron chi connectivity index (χ1n) is 10.4. The SMILES string of the molecule is Nc1c2c(cc3cc(/C=C/CCN4CCCC4)ccc13)CN(n1ccnc1)C=C2. The van der Waals surface area contributed by atoms with Gasteiger partial charge in [-0.2, -0.15) is 0 Å². The van der Waals surface area contributed by atoms with Crippen molar-refractivity contribution in [3.63, 3.8) is 0 Å². The summed E-state index contributed by atoms with van der Waals surface area (Å²) in [5.74, 6) is 0. The minimum Gasteiger partial charge on any atom is -0.398 e. The van der Waals surface area contributed by atoms with Crippen LogP contribution in [0.15, 0.2) is 55.3 Å². The number of rotatable bonds is 5. The molecule has 5 rings (SSSR count). The Kier molecular flexibility index (Phi) is 4.82. The van der Waals surface area contributed by atoms with E-state index in [1.54, 1.807) is 6.20 Å². The van der Waals surface area contributed by atoms with Crippen LogP contribution in [0.3, 0.4) is 0 Å². The summed E-state index contributed by atoms with van der Waals surface area (Å²) in [6.07, 6.45) is 18.1. The summed E-state index contributed by atoms with van der Waals surface area (Å²) in [6.45, 7) is 4.47. The normalized spacial score (nSPS) is 16.9. The zero-order chi connectivity index (χ0) is 19.6. The zero-order valence-electron chi connectivity index (χ0n) is 16.7. The van der Waals surface area contributed by atoms with Crippen LogP contribution in [-0.4, -0.2) is 34.2 Å². The summed E-state index contributed by atoms with van der Waals surface area (Å²) in [5.41, 5.74) is 11.0. The molecule has 0 bridgehead atoms. The fraction of sp³-hybridized carbons (Fsp3) is 0.292. The molecule has 5 heteroatoms. The molecular weight excluding hydrogens is 358 g/mol. The summed E-state index contributed by atoms with van der Waals surface area (Å²) in [5, 5.41) is 4.45. The van der Waals surface area contributed by atoms with Gasteiger partial charge in [0.05, 0.1) is 6.54 Å². The van der Waals surface area contributed by atoms with Crippen LogP contribution in [0.25, 0.3) is 22.9 Å². The minimum absolute atomic E-state index is 0.776. The van der Waals surface area contributed by atoms with E-state index in [0.717, 1.165) is 29.6 Å². The van der Waals surface area contributed by atoms with Gasteiger partial charge in [0.15, 0.2) is 0 Å². The molecule has 2 aromatic carbocycles. The summed E-state index contributed by atoms with van der Waals surface area (Å²) in [4.78, 5) is 6.70. The van der Waals surface area contributed by atoms with Gasteiger partial charge < -0.3 is 10.6 Å². The molecular formula is C24H27N5. The maximum Gasteiger partial charge on any atom is 0.114 e. The van der Waals surface area contributed by atoms with Crippen molar-refractivity contribution in [3.8, 4) is 0 Å². The average molecular weight is 386 g/mol. The summed E-state index contributed by atoms with van der Waals surface area (Å²) in [7, 11) is 0. The molecule has 0 amide bonds. The van der Waals surface area contributed by atoms with Gasteiger partial charge in [0.2, 0.25) is 0 Å². The summed E-state index contributed by atoms with van der Waals surface area (Å²) in [6, 6.07) is 8.84. The van der Waals surface area contributed by atoms with Crippen LogP contribution in [0, 0.1) is 0 Å². The van der Waals surface area contributed by atoms with Gasteiger partial charge in [-0.15, -0.1) is 0 Å². The zero-order valence-corrected chi connectivity index (χ0v) is 16.7. The molecule has 5 nitrogen and oxygen atoms in total. The standard InChI is InChI=1S/C24H27N5/c25-24-22-7-6-19(5-1-2-10-27-11-3-4-12-27)15-20(22)16-21-17-28(13-8-23(21)24)29-14-9-26-18-29/h1,5-9,13-16,18H,2-4,10-12,17,25H2/b5-1+. The molecule has 1 saturated heterocycles. The van der Waals surface area contributed by atoms with Crippen molar-refractivity contribution in [2.75, 3.05) is 30.4 Å². The van der Waals surface area contributed by atoms with Crippen LogP contribution in [0.1, 0.15) is 36.0 Å². The Morgan fingerprint density at radius 3 is 2.86 bits per heavy atom. The van der Waals surface area contributed by atoms with Crippen molar-refractivity contribution in [3.05, 3.63) is 72.0 Å². The van der Waals surface area contributed by atoms with E-state index >= 15 is 0 Å². The minimum atomic E-state index is 0.776. The van der Waals surface area contributed by atoms with Crippen molar-refractivity contribution in [2.24, 2.45) is 0 Å². The van der Waals surface area contributed by atoms with E-state index in [9.17, 15) is 0 Å². The lowest BCUT2D eigenvalue weighted by Gasteiger charge is -2.27. The van der Waals surface area contributed by atoms with Crippen molar-refractivity contribution < 1.29 is 0 Å². The van der Waals surface area contributed by atoms with E-state index in [0.29, 0.717) is 0 Å². The van der Waals surface area contributed by atoms with Gasteiger partial charge in [-0.3, -0.25) is 5.01 Å². The van der Waals surface area contributed by atoms with Crippen LogP contribution in [-0.2, 0) is 6.54 Å². The number of nitrogens with two attached hydrogens (primary N) is 1. The van der Waals surface area contributed by atoms with Gasteiger partial charge in [-0.25, -0.2) is 9.66 Å². The van der Waals surface area contributed by atoms with Crippen LogP contribution in [0.4, 0.5) is 5.69 Å². The van der Waals surface area contributed by atoms with Crippen LogP contribution in [0.5, 0.6) is 0 Å². The highest BCUT2D eigenvalue weighted by Crippen LogP contribution is 2.33. The molecule has 1 fully saturated rings. The largest absolute Gasteiger partial charge is 0.398 e. The third-order valence-electron chi connectivity index (χ3n) is 5.99. The fourth-order valence-corrected chi connectivity index (χ4v) is 4.39. The molecule has 2 N–H and O–H groups in total. The number of anilines is 1. The maximum atomic E-state index is 6.53. The van der Waals surface area contributed by atoms with E-state index in [1.165, 1.54) is 49.0 Å². The number of hydrogen-bond donors (Lipinski definition) is 1. The maximum absolute atomic E-state index is 6.53. The molecule has 148 valence electrons. The van der Waals surface area contributed by atoms with E-state index in [-0.39, 0.29) is 0 Å². The van der Waals surface area contributed by atoms with Crippen molar-refractivity contribution >= 4 is 28.6 Å². The molecule has 0 unspecified atom stereocenters. The predicted molar refractivity (Wildman–Crippen MR) is 121 cm³/mol. The van der Waals surface area contributed by atoms with E-state index < -0.39 is 0 Å². The van der Waals surface area contributed by atoms with Gasteiger partial charge in [-0.05, 0) is 67.1 Å². The van der Waals surface area contributed by atoms with Crippen molar-refractivity contribution in [1.82, 2.24) is 14.6 Å². The highest BCUT2D eigenvalue weighted by atomic mass is 15.5. The molecule has 0 aliphatic carbocycles. The molecule has 0 saturated carbocycles. The number of imidazole rings is 1. The Bertz CT molecular complexity index is 1060. The Morgan fingerprint density at radius 2 is 2.03 bits per heavy atom. The molecule has 29 heavy (non-hydrogen) atoms. The van der Waals surface area contributed by atoms with Gasteiger partial charge in [0.1, 0.15) is 6.33 Å². The number of aromatic nitrogens is 2. The lowest BCUT2D eigenvalue weighted by atomic mass is 9.95. The third kappa shape index (κ3) is 3.66. The first-order valence-corrected chi connectivity index (χ1v) is 10.4. The van der Waals surface area contributed by atoms with E-state index in [2.05, 4.69) is 63.6 Å². The second kappa shape index (κ2) is 7.76. The molecule has 0 spiro atoms. The van der Waals surface area contributed by atoms with Crippen LogP contribution < -0.4 is 10.7 Å². The Labute approximate surface area is 171 Å². The van der Waals surface area contributed by atoms with E-state index in [1.807, 2.05) is 17.2 Å². The number of nitrogen functional groups attached to an aromatic ring is 1. The van der Waals surface area contributed by atoms with Crippen LogP contribution >= 0.6 is 0 Å².